The first-order chi connectivity index (χ1) is 19.2. The molecule has 0 aliphatic heterocycles. The van der Waals surface area contributed by atoms with Gasteiger partial charge in [0.15, 0.2) is 0 Å². The first-order valence-corrected chi connectivity index (χ1v) is 12.8. The maximum absolute atomic E-state index is 13.1. The van der Waals surface area contributed by atoms with E-state index in [0.717, 1.165) is 0 Å². The summed E-state index contributed by atoms with van der Waals surface area (Å²) in [5, 5.41) is 15.9. The van der Waals surface area contributed by atoms with E-state index in [0.29, 0.717) is 12.0 Å². The van der Waals surface area contributed by atoms with Crippen LogP contribution in [0.3, 0.4) is 0 Å². The number of alkyl carbamates (subject to hydrolysis) is 1. The zero-order valence-corrected chi connectivity index (χ0v) is 23.8. The van der Waals surface area contributed by atoms with Crippen LogP contribution in [0.1, 0.15) is 46.6 Å². The Morgan fingerprint density at radius 1 is 0.878 bits per heavy atom. The van der Waals surface area contributed by atoms with Crippen LogP contribution >= 0.6 is 0 Å². The molecule has 41 heavy (non-hydrogen) atoms. The Morgan fingerprint density at radius 3 is 1.88 bits per heavy atom. The highest BCUT2D eigenvalue weighted by molar-refractivity contribution is 5.89. The minimum absolute atomic E-state index is 0.0484. The molecule has 0 bridgehead atoms. The summed E-state index contributed by atoms with van der Waals surface area (Å²) in [5.41, 5.74) is -0.302. The largest absolute Gasteiger partial charge is 0.519 e. The number of nitrogens with one attached hydrogen (secondary N) is 2. The van der Waals surface area contributed by atoms with Gasteiger partial charge in [-0.1, -0.05) is 26.0 Å². The van der Waals surface area contributed by atoms with E-state index >= 15 is 0 Å². The molecular weight excluding hydrogens is 538 g/mol. The lowest BCUT2D eigenvalue weighted by molar-refractivity contribution is -0.384. The third-order valence-electron chi connectivity index (χ3n) is 5.33. The number of esters is 1. The summed E-state index contributed by atoms with van der Waals surface area (Å²) in [5.74, 6) is -1.01. The predicted octanol–water partition coefficient (Wildman–Crippen LogP) is 4.31. The molecule has 0 aromatic heterocycles. The van der Waals surface area contributed by atoms with E-state index in [1.807, 2.05) is 13.8 Å². The van der Waals surface area contributed by atoms with Crippen molar-refractivity contribution in [3.8, 4) is 11.5 Å². The van der Waals surface area contributed by atoms with Gasteiger partial charge < -0.3 is 29.6 Å². The van der Waals surface area contributed by atoms with Gasteiger partial charge in [-0.25, -0.2) is 14.4 Å². The topological polar surface area (TPSA) is 172 Å². The highest BCUT2D eigenvalue weighted by atomic mass is 16.7. The minimum atomic E-state index is -1.07. The molecule has 0 aliphatic carbocycles. The molecule has 0 saturated heterocycles. The van der Waals surface area contributed by atoms with Crippen molar-refractivity contribution in [1.82, 2.24) is 10.6 Å². The molecule has 222 valence electrons. The Kier molecular flexibility index (Phi) is 11.6. The number of hydrogen-bond donors (Lipinski definition) is 2. The average Bonchev–Trinajstić information content (AvgIpc) is 2.87. The molecule has 13 heteroatoms. The van der Waals surface area contributed by atoms with Crippen molar-refractivity contribution < 1.29 is 43.0 Å². The summed E-state index contributed by atoms with van der Waals surface area (Å²) < 4.78 is 20.3. The van der Waals surface area contributed by atoms with Gasteiger partial charge in [0.1, 0.15) is 29.2 Å². The molecule has 0 unspecified atom stereocenters. The van der Waals surface area contributed by atoms with E-state index in [1.54, 1.807) is 32.9 Å². The highest BCUT2D eigenvalue weighted by Crippen LogP contribution is 2.19. The smallest absolute Gasteiger partial charge is 0.467 e. The lowest BCUT2D eigenvalue weighted by Crippen LogP contribution is -2.53. The number of methoxy groups -OCH3 is 1. The number of nitro groups is 1. The fourth-order valence-corrected chi connectivity index (χ4v) is 3.54. The summed E-state index contributed by atoms with van der Waals surface area (Å²) in [6.45, 7) is 8.89. The van der Waals surface area contributed by atoms with Crippen molar-refractivity contribution in [3.05, 3.63) is 64.2 Å². The van der Waals surface area contributed by atoms with Crippen LogP contribution in [0.4, 0.5) is 15.3 Å². The van der Waals surface area contributed by atoms with Crippen LogP contribution in [0.15, 0.2) is 48.5 Å². The normalized spacial score (nSPS) is 12.5. The van der Waals surface area contributed by atoms with Crippen LogP contribution < -0.4 is 20.1 Å². The van der Waals surface area contributed by atoms with E-state index in [4.69, 9.17) is 18.9 Å². The average molecular weight is 574 g/mol. The highest BCUT2D eigenvalue weighted by Gasteiger charge is 2.29. The Labute approximate surface area is 237 Å². The van der Waals surface area contributed by atoms with Crippen molar-refractivity contribution in [1.29, 1.82) is 0 Å². The maximum atomic E-state index is 13.1. The first kappa shape index (κ1) is 32.5. The summed E-state index contributed by atoms with van der Waals surface area (Å²) >= 11 is 0. The van der Waals surface area contributed by atoms with Crippen molar-refractivity contribution in [2.45, 2.75) is 65.1 Å². The molecule has 0 spiro atoms. The van der Waals surface area contributed by atoms with Gasteiger partial charge in [-0.15, -0.1) is 0 Å². The number of nitro benzene ring substituents is 1. The number of ether oxygens (including phenoxy) is 4. The molecule has 2 amide bonds. The zero-order chi connectivity index (χ0) is 30.7. The van der Waals surface area contributed by atoms with Gasteiger partial charge in [0.05, 0.1) is 12.0 Å². The molecule has 0 heterocycles. The van der Waals surface area contributed by atoms with E-state index in [1.165, 1.54) is 43.5 Å². The Hall–Kier alpha value is -4.68. The molecule has 2 aromatic rings. The number of carbonyl (C=O) groups is 4. The van der Waals surface area contributed by atoms with Crippen molar-refractivity contribution in [3.63, 3.8) is 0 Å². The molecular formula is C28H35N3O10. The molecule has 0 aliphatic rings. The van der Waals surface area contributed by atoms with Crippen LogP contribution in [0.25, 0.3) is 0 Å². The Morgan fingerprint density at radius 2 is 1.41 bits per heavy atom. The van der Waals surface area contributed by atoms with Crippen LogP contribution in [-0.4, -0.2) is 53.8 Å². The van der Waals surface area contributed by atoms with Gasteiger partial charge >= 0.3 is 18.2 Å². The quantitative estimate of drug-likeness (QED) is 0.171. The van der Waals surface area contributed by atoms with E-state index in [2.05, 4.69) is 10.6 Å². The lowest BCUT2D eigenvalue weighted by Gasteiger charge is -2.25. The summed E-state index contributed by atoms with van der Waals surface area (Å²) in [6, 6.07) is 8.98. The second-order valence-electron chi connectivity index (χ2n) is 10.5. The lowest BCUT2D eigenvalue weighted by atomic mass is 10.0. The SMILES string of the molecule is COC(=O)[C@H](Cc1ccc(OC(=O)Oc2ccc([N+](=O)[O-])cc2)cc1)NC(=O)[C@H](CC(C)C)NC(=O)OC(C)(C)C. The van der Waals surface area contributed by atoms with E-state index in [-0.39, 0.29) is 29.5 Å². The molecule has 2 aromatic carbocycles. The van der Waals surface area contributed by atoms with Gasteiger partial charge in [0, 0.05) is 18.6 Å². The van der Waals surface area contributed by atoms with E-state index in [9.17, 15) is 29.3 Å². The van der Waals surface area contributed by atoms with Gasteiger partial charge in [-0.2, -0.15) is 0 Å². The van der Waals surface area contributed by atoms with Gasteiger partial charge in [0.25, 0.3) is 5.69 Å². The number of nitrogens with zero attached hydrogens (tertiary/aromatic N) is 1. The van der Waals surface area contributed by atoms with Crippen LogP contribution in [-0.2, 0) is 25.5 Å². The van der Waals surface area contributed by atoms with Crippen molar-refractivity contribution in [2.75, 3.05) is 7.11 Å². The fourth-order valence-electron chi connectivity index (χ4n) is 3.54. The van der Waals surface area contributed by atoms with Gasteiger partial charge in [-0.3, -0.25) is 14.9 Å². The molecule has 13 nitrogen and oxygen atoms in total. The molecule has 2 atom stereocenters. The van der Waals surface area contributed by atoms with Gasteiger partial charge in [-0.05, 0) is 62.9 Å². The number of carbonyl (C=O) groups excluding carboxylic acids is 4. The van der Waals surface area contributed by atoms with Crippen LogP contribution in [0.5, 0.6) is 11.5 Å². The third kappa shape index (κ3) is 11.5. The van der Waals surface area contributed by atoms with Gasteiger partial charge in [0.2, 0.25) is 5.91 Å². The van der Waals surface area contributed by atoms with Crippen LogP contribution in [0.2, 0.25) is 0 Å². The molecule has 0 radical (unpaired) electrons. The predicted molar refractivity (Wildman–Crippen MR) is 146 cm³/mol. The summed E-state index contributed by atoms with van der Waals surface area (Å²) in [4.78, 5) is 60.1. The number of non-ortho nitro benzene ring substituents is 1. The minimum Gasteiger partial charge on any atom is -0.467 e. The van der Waals surface area contributed by atoms with Crippen molar-refractivity contribution >= 4 is 29.8 Å². The monoisotopic (exact) mass is 573 g/mol. The number of hydrogen-bond acceptors (Lipinski definition) is 10. The number of amides is 2. The Balaban J connectivity index is 2.04. The number of rotatable bonds is 11. The molecule has 0 fully saturated rings. The summed E-state index contributed by atoms with van der Waals surface area (Å²) in [7, 11) is 1.19. The standard InChI is InChI=1S/C28H35N3O10/c1-17(2)15-22(30-26(34)41-28(3,4)5)24(32)29-23(25(33)38-6)16-18-7-11-20(12-8-18)39-27(35)40-21-13-9-19(10-14-21)31(36)37/h7-14,17,22-23H,15-16H2,1-6H3,(H,29,32)(H,30,34)/t22-,23-/m0/s1. The second-order valence-corrected chi connectivity index (χ2v) is 10.5. The second kappa shape index (κ2) is 14.6. The van der Waals surface area contributed by atoms with E-state index < -0.39 is 46.7 Å². The molecule has 0 saturated carbocycles. The first-order valence-electron chi connectivity index (χ1n) is 12.8. The fraction of sp³-hybridized carbons (Fsp3) is 0.429. The van der Waals surface area contributed by atoms with Crippen molar-refractivity contribution in [2.24, 2.45) is 5.92 Å². The molecule has 2 N–H and O–H groups in total. The third-order valence-corrected chi connectivity index (χ3v) is 5.33. The number of benzene rings is 2. The zero-order valence-electron chi connectivity index (χ0n) is 23.8. The molecule has 2 rings (SSSR count). The maximum Gasteiger partial charge on any atom is 0.519 e. The Bertz CT molecular complexity index is 1220. The van der Waals surface area contributed by atoms with Crippen LogP contribution in [0, 0.1) is 16.0 Å². The summed E-state index contributed by atoms with van der Waals surface area (Å²) in [6.07, 6.45) is -1.45.